The number of benzene rings is 1. The average Bonchev–Trinajstić information content (AvgIpc) is 2.95. The summed E-state index contributed by atoms with van der Waals surface area (Å²) in [6.07, 6.45) is 2.27. The molecule has 1 aromatic heterocycles. The van der Waals surface area contributed by atoms with Crippen LogP contribution in [0.1, 0.15) is 17.3 Å². The number of sulfonamides is 1. The van der Waals surface area contributed by atoms with Gasteiger partial charge in [-0.25, -0.2) is 8.42 Å². The first-order valence-electron chi connectivity index (χ1n) is 6.96. The molecule has 9 heteroatoms. The smallest absolute Gasteiger partial charge is 0.244 e. The summed E-state index contributed by atoms with van der Waals surface area (Å²) < 4.78 is 33.2. The van der Waals surface area contributed by atoms with E-state index in [1.165, 1.54) is 0 Å². The molecule has 0 aliphatic carbocycles. The van der Waals surface area contributed by atoms with E-state index in [9.17, 15) is 8.42 Å². The minimum atomic E-state index is -3.61. The van der Waals surface area contributed by atoms with Crippen molar-refractivity contribution in [1.29, 1.82) is 0 Å². The number of H-pyrrole nitrogens is 1. The molecule has 1 saturated heterocycles. The first-order chi connectivity index (χ1) is 10.6. The molecule has 2 unspecified atom stereocenters. The molecule has 124 valence electrons. The highest BCUT2D eigenvalue weighted by molar-refractivity contribution is 7.89. The molecule has 0 saturated carbocycles. The van der Waals surface area contributed by atoms with Crippen LogP contribution in [0.25, 0.3) is 0 Å². The number of hydrogen-bond donors (Lipinski definition) is 1. The standard InChI is InChI=1S/C14H14ClN3O3S.ClH/c15-9-1-3-11(4-2-9)22(19,20)18-10-5-13-12(6-16-17-13)14(18)8-21-7-10;/h1-4,6,10,14H,5,7-8H2,(H,16,17);1H. The minimum Gasteiger partial charge on any atom is -0.378 e. The molecule has 23 heavy (non-hydrogen) atoms. The van der Waals surface area contributed by atoms with E-state index in [2.05, 4.69) is 10.2 Å². The topological polar surface area (TPSA) is 75.3 Å². The van der Waals surface area contributed by atoms with Crippen molar-refractivity contribution in [2.45, 2.75) is 23.4 Å². The summed E-state index contributed by atoms with van der Waals surface area (Å²) >= 11 is 5.85. The maximum Gasteiger partial charge on any atom is 0.244 e. The molecule has 2 atom stereocenters. The third kappa shape index (κ3) is 2.66. The van der Waals surface area contributed by atoms with Gasteiger partial charge in [-0.2, -0.15) is 9.40 Å². The predicted octanol–water partition coefficient (Wildman–Crippen LogP) is 2.17. The third-order valence-corrected chi connectivity index (χ3v) is 6.42. The SMILES string of the molecule is Cl.O=S(=O)(c1ccc(Cl)cc1)N1C2COCC1c1cn[nH]c1C2. The number of nitrogens with zero attached hydrogens (tertiary/aromatic N) is 2. The highest BCUT2D eigenvalue weighted by Gasteiger charge is 2.45. The van der Waals surface area contributed by atoms with E-state index in [1.807, 2.05) is 0 Å². The van der Waals surface area contributed by atoms with Crippen molar-refractivity contribution in [3.8, 4) is 0 Å². The Kier molecular flexibility index (Phi) is 4.41. The van der Waals surface area contributed by atoms with E-state index < -0.39 is 10.0 Å². The van der Waals surface area contributed by atoms with Gasteiger partial charge in [0.2, 0.25) is 10.0 Å². The lowest BCUT2D eigenvalue weighted by Gasteiger charge is -2.43. The number of ether oxygens (including phenoxy) is 1. The van der Waals surface area contributed by atoms with Crippen molar-refractivity contribution in [2.24, 2.45) is 0 Å². The van der Waals surface area contributed by atoms with Gasteiger partial charge in [0.25, 0.3) is 0 Å². The molecule has 2 bridgehead atoms. The zero-order chi connectivity index (χ0) is 15.3. The number of morpholine rings is 1. The summed E-state index contributed by atoms with van der Waals surface area (Å²) in [5.74, 6) is 0. The fraction of sp³-hybridized carbons (Fsp3) is 0.357. The first kappa shape index (κ1) is 16.7. The normalized spacial score (nSPS) is 23.9. The molecule has 0 spiro atoms. The van der Waals surface area contributed by atoms with Gasteiger partial charge in [0, 0.05) is 22.7 Å². The number of aromatic amines is 1. The van der Waals surface area contributed by atoms with Crippen LogP contribution >= 0.6 is 24.0 Å². The van der Waals surface area contributed by atoms with E-state index in [0.717, 1.165) is 11.3 Å². The Morgan fingerprint density at radius 2 is 2.00 bits per heavy atom. The van der Waals surface area contributed by atoms with Crippen LogP contribution in [0.4, 0.5) is 0 Å². The van der Waals surface area contributed by atoms with Crippen LogP contribution in [0.5, 0.6) is 0 Å². The van der Waals surface area contributed by atoms with Crippen molar-refractivity contribution in [3.05, 3.63) is 46.7 Å². The van der Waals surface area contributed by atoms with E-state index in [1.54, 1.807) is 34.8 Å². The van der Waals surface area contributed by atoms with Gasteiger partial charge in [0.05, 0.1) is 36.4 Å². The van der Waals surface area contributed by atoms with Crippen molar-refractivity contribution >= 4 is 34.0 Å². The maximum absolute atomic E-state index is 13.0. The minimum absolute atomic E-state index is 0. The van der Waals surface area contributed by atoms with Crippen LogP contribution in [0.15, 0.2) is 35.4 Å². The van der Waals surface area contributed by atoms with Gasteiger partial charge < -0.3 is 4.74 Å². The Morgan fingerprint density at radius 3 is 2.74 bits per heavy atom. The van der Waals surface area contributed by atoms with E-state index in [-0.39, 0.29) is 29.4 Å². The summed E-state index contributed by atoms with van der Waals surface area (Å²) in [5, 5.41) is 7.52. The lowest BCUT2D eigenvalue weighted by Crippen LogP contribution is -2.53. The van der Waals surface area contributed by atoms with Crippen LogP contribution in [-0.2, 0) is 21.2 Å². The number of fused-ring (bicyclic) bond motifs is 4. The van der Waals surface area contributed by atoms with Crippen molar-refractivity contribution in [2.75, 3.05) is 13.2 Å². The number of halogens is 2. The Hall–Kier alpha value is -1.12. The predicted molar refractivity (Wildman–Crippen MR) is 87.4 cm³/mol. The summed E-state index contributed by atoms with van der Waals surface area (Å²) in [5.41, 5.74) is 1.90. The van der Waals surface area contributed by atoms with E-state index >= 15 is 0 Å². The number of hydrogen-bond acceptors (Lipinski definition) is 4. The summed E-state index contributed by atoms with van der Waals surface area (Å²) in [4.78, 5) is 0.251. The summed E-state index contributed by atoms with van der Waals surface area (Å²) in [7, 11) is -3.61. The first-order valence-corrected chi connectivity index (χ1v) is 8.78. The van der Waals surface area contributed by atoms with Crippen LogP contribution in [0.3, 0.4) is 0 Å². The molecule has 1 N–H and O–H groups in total. The molecular weight excluding hydrogens is 361 g/mol. The Bertz CT molecular complexity index is 807. The Balaban J connectivity index is 0.00000156. The fourth-order valence-corrected chi connectivity index (χ4v) is 5.08. The lowest BCUT2D eigenvalue weighted by atomic mass is 9.95. The van der Waals surface area contributed by atoms with E-state index in [4.69, 9.17) is 16.3 Å². The largest absolute Gasteiger partial charge is 0.378 e. The Morgan fingerprint density at radius 1 is 1.26 bits per heavy atom. The van der Waals surface area contributed by atoms with Crippen molar-refractivity contribution in [3.63, 3.8) is 0 Å². The molecule has 0 radical (unpaired) electrons. The van der Waals surface area contributed by atoms with Gasteiger partial charge in [-0.3, -0.25) is 5.10 Å². The molecule has 2 aliphatic rings. The van der Waals surface area contributed by atoms with Crippen molar-refractivity contribution < 1.29 is 13.2 Å². The van der Waals surface area contributed by atoms with Crippen LogP contribution in [-0.4, -0.2) is 42.2 Å². The number of rotatable bonds is 2. The number of nitrogens with one attached hydrogen (secondary N) is 1. The fourth-order valence-electron chi connectivity index (χ4n) is 3.19. The molecule has 6 nitrogen and oxygen atoms in total. The monoisotopic (exact) mass is 375 g/mol. The Labute approximate surface area is 145 Å². The molecule has 2 aromatic rings. The van der Waals surface area contributed by atoms with Crippen molar-refractivity contribution in [1.82, 2.24) is 14.5 Å². The highest BCUT2D eigenvalue weighted by Crippen LogP contribution is 2.39. The zero-order valence-corrected chi connectivity index (χ0v) is 14.4. The van der Waals surface area contributed by atoms with Gasteiger partial charge in [-0.1, -0.05) is 11.6 Å². The maximum atomic E-state index is 13.0. The molecule has 1 fully saturated rings. The molecule has 4 rings (SSSR count). The molecule has 1 aromatic carbocycles. The molecular formula is C14H15Cl2N3O3S. The molecule has 0 amide bonds. The van der Waals surface area contributed by atoms with Gasteiger partial charge in [0.1, 0.15) is 0 Å². The zero-order valence-electron chi connectivity index (χ0n) is 12.0. The van der Waals surface area contributed by atoms with Gasteiger partial charge >= 0.3 is 0 Å². The molecule has 3 heterocycles. The third-order valence-electron chi connectivity index (χ3n) is 4.19. The highest BCUT2D eigenvalue weighted by atomic mass is 35.5. The second kappa shape index (κ2) is 6.07. The second-order valence-electron chi connectivity index (χ2n) is 5.50. The van der Waals surface area contributed by atoms with Crippen LogP contribution in [0, 0.1) is 0 Å². The number of aromatic nitrogens is 2. The van der Waals surface area contributed by atoms with Gasteiger partial charge in [-0.15, -0.1) is 12.4 Å². The van der Waals surface area contributed by atoms with E-state index in [0.29, 0.717) is 24.7 Å². The summed E-state index contributed by atoms with van der Waals surface area (Å²) in [6.45, 7) is 0.734. The lowest BCUT2D eigenvalue weighted by molar-refractivity contribution is -0.0145. The van der Waals surface area contributed by atoms with Crippen LogP contribution in [0.2, 0.25) is 5.02 Å². The molecule has 2 aliphatic heterocycles. The average molecular weight is 376 g/mol. The van der Waals surface area contributed by atoms with Gasteiger partial charge in [0.15, 0.2) is 0 Å². The second-order valence-corrected chi connectivity index (χ2v) is 7.78. The van der Waals surface area contributed by atoms with Gasteiger partial charge in [-0.05, 0) is 24.3 Å². The summed E-state index contributed by atoms with van der Waals surface area (Å²) in [6, 6.07) is 5.72. The van der Waals surface area contributed by atoms with Crippen LogP contribution < -0.4 is 0 Å². The quantitative estimate of drug-likeness (QED) is 0.872.